The van der Waals surface area contributed by atoms with Gasteiger partial charge in [-0.1, -0.05) is 220 Å². The molecule has 1 unspecified atom stereocenters. The van der Waals surface area contributed by atoms with E-state index in [1.165, 1.54) is 89.9 Å². The van der Waals surface area contributed by atoms with Crippen LogP contribution in [0.25, 0.3) is 0 Å². The summed E-state index contributed by atoms with van der Waals surface area (Å²) in [5.74, 6) is -0.967. The Bertz CT molecular complexity index is 1420. The molecule has 0 rings (SSSR count). The molecule has 69 heavy (non-hydrogen) atoms. The first-order chi connectivity index (χ1) is 34.0. The first-order valence-electron chi connectivity index (χ1n) is 28.4. The molecule has 1 atom stereocenters. The van der Waals surface area contributed by atoms with Crippen molar-refractivity contribution in [2.45, 2.75) is 258 Å². The van der Waals surface area contributed by atoms with Crippen LogP contribution in [0.15, 0.2) is 109 Å². The fraction of sp³-hybridized carbons (Fsp3) is 0.667. The SMILES string of the molecule is CC/C=C\C/C=C\C/C=C\C/C=C\C/C=C\CCCCCC(=O)OCC(COC(=O)CCCCC/C=C\C/C=C\C/C=C\CC)OC(=O)CCCCCCCCCCC/C=C\CCCCCCCC. The van der Waals surface area contributed by atoms with E-state index < -0.39 is 6.10 Å². The Hall–Kier alpha value is -3.93. The van der Waals surface area contributed by atoms with E-state index in [0.717, 1.165) is 122 Å². The molecule has 0 aliphatic carbocycles. The molecule has 0 aromatic rings. The van der Waals surface area contributed by atoms with E-state index in [1.807, 2.05) is 0 Å². The van der Waals surface area contributed by atoms with Gasteiger partial charge >= 0.3 is 17.9 Å². The number of unbranched alkanes of at least 4 members (excludes halogenated alkanes) is 21. The second-order valence-electron chi connectivity index (χ2n) is 18.4. The number of hydrogen-bond acceptors (Lipinski definition) is 6. The largest absolute Gasteiger partial charge is 0.462 e. The minimum atomic E-state index is -0.807. The lowest BCUT2D eigenvalue weighted by atomic mass is 10.1. The highest BCUT2D eigenvalue weighted by Gasteiger charge is 2.19. The van der Waals surface area contributed by atoms with Crippen LogP contribution in [0, 0.1) is 0 Å². The third-order valence-electron chi connectivity index (χ3n) is 11.7. The Morgan fingerprint density at radius 2 is 0.565 bits per heavy atom. The third-order valence-corrected chi connectivity index (χ3v) is 11.7. The Labute approximate surface area is 425 Å². The molecule has 0 heterocycles. The van der Waals surface area contributed by atoms with Crippen molar-refractivity contribution in [3.8, 4) is 0 Å². The summed E-state index contributed by atoms with van der Waals surface area (Å²) in [6.45, 7) is 6.35. The summed E-state index contributed by atoms with van der Waals surface area (Å²) < 4.78 is 16.8. The van der Waals surface area contributed by atoms with E-state index in [1.54, 1.807) is 0 Å². The predicted octanol–water partition coefficient (Wildman–Crippen LogP) is 19.1. The molecule has 6 nitrogen and oxygen atoms in total. The fourth-order valence-electron chi connectivity index (χ4n) is 7.54. The number of carbonyl (C=O) groups is 3. The lowest BCUT2D eigenvalue weighted by molar-refractivity contribution is -0.167. The van der Waals surface area contributed by atoms with Gasteiger partial charge in [-0.3, -0.25) is 14.4 Å². The Morgan fingerprint density at radius 3 is 0.913 bits per heavy atom. The number of ether oxygens (including phenoxy) is 3. The first kappa shape index (κ1) is 65.1. The second kappa shape index (κ2) is 56.7. The van der Waals surface area contributed by atoms with Crippen LogP contribution in [-0.2, 0) is 28.6 Å². The van der Waals surface area contributed by atoms with Crippen LogP contribution in [0.5, 0.6) is 0 Å². The van der Waals surface area contributed by atoms with Gasteiger partial charge in [0, 0.05) is 19.3 Å². The molecular weight excluding hydrogens is 853 g/mol. The van der Waals surface area contributed by atoms with Gasteiger partial charge in [-0.25, -0.2) is 0 Å². The van der Waals surface area contributed by atoms with Gasteiger partial charge in [-0.05, 0) is 122 Å². The zero-order chi connectivity index (χ0) is 50.0. The highest BCUT2D eigenvalue weighted by atomic mass is 16.6. The van der Waals surface area contributed by atoms with Crippen molar-refractivity contribution < 1.29 is 28.6 Å². The smallest absolute Gasteiger partial charge is 0.306 e. The second-order valence-corrected chi connectivity index (χ2v) is 18.4. The molecule has 0 aliphatic heterocycles. The first-order valence-corrected chi connectivity index (χ1v) is 28.4. The molecule has 0 amide bonds. The van der Waals surface area contributed by atoms with Crippen molar-refractivity contribution >= 4 is 17.9 Å². The summed E-state index contributed by atoms with van der Waals surface area (Å²) in [5.41, 5.74) is 0. The van der Waals surface area contributed by atoms with Gasteiger partial charge in [0.2, 0.25) is 0 Å². The molecule has 0 N–H and O–H groups in total. The van der Waals surface area contributed by atoms with Gasteiger partial charge in [-0.2, -0.15) is 0 Å². The maximum Gasteiger partial charge on any atom is 0.306 e. The van der Waals surface area contributed by atoms with Crippen molar-refractivity contribution in [1.82, 2.24) is 0 Å². The summed E-state index contributed by atoms with van der Waals surface area (Å²) in [6.07, 6.45) is 76.5. The van der Waals surface area contributed by atoms with Crippen LogP contribution in [0.1, 0.15) is 252 Å². The van der Waals surface area contributed by atoms with E-state index in [-0.39, 0.29) is 31.1 Å². The number of carbonyl (C=O) groups excluding carboxylic acids is 3. The number of hydrogen-bond donors (Lipinski definition) is 0. The summed E-state index contributed by atoms with van der Waals surface area (Å²) in [4.78, 5) is 38.1. The molecule has 0 aromatic carbocycles. The van der Waals surface area contributed by atoms with Gasteiger partial charge in [0.25, 0.3) is 0 Å². The van der Waals surface area contributed by atoms with Crippen LogP contribution in [0.2, 0.25) is 0 Å². The zero-order valence-electron chi connectivity index (χ0n) is 44.8. The Balaban J connectivity index is 4.47. The topological polar surface area (TPSA) is 78.9 Å². The maximum atomic E-state index is 12.9. The molecule has 0 saturated carbocycles. The Morgan fingerprint density at radius 1 is 0.304 bits per heavy atom. The van der Waals surface area contributed by atoms with Crippen molar-refractivity contribution in [2.24, 2.45) is 0 Å². The van der Waals surface area contributed by atoms with Crippen molar-refractivity contribution in [2.75, 3.05) is 13.2 Å². The number of rotatable bonds is 50. The summed E-state index contributed by atoms with van der Waals surface area (Å²) in [6, 6.07) is 0. The summed E-state index contributed by atoms with van der Waals surface area (Å²) in [5, 5.41) is 0. The molecule has 0 radical (unpaired) electrons. The van der Waals surface area contributed by atoms with E-state index in [4.69, 9.17) is 14.2 Å². The van der Waals surface area contributed by atoms with Crippen LogP contribution in [-0.4, -0.2) is 37.2 Å². The maximum absolute atomic E-state index is 12.9. The fourth-order valence-corrected chi connectivity index (χ4v) is 7.54. The van der Waals surface area contributed by atoms with Crippen molar-refractivity contribution in [3.63, 3.8) is 0 Å². The monoisotopic (exact) mass is 957 g/mol. The van der Waals surface area contributed by atoms with Crippen LogP contribution in [0.3, 0.4) is 0 Å². The lowest BCUT2D eigenvalue weighted by Crippen LogP contribution is -2.30. The zero-order valence-corrected chi connectivity index (χ0v) is 44.8. The molecule has 6 heteroatoms. The van der Waals surface area contributed by atoms with E-state index >= 15 is 0 Å². The van der Waals surface area contributed by atoms with Gasteiger partial charge in [0.1, 0.15) is 13.2 Å². The summed E-state index contributed by atoms with van der Waals surface area (Å²) >= 11 is 0. The van der Waals surface area contributed by atoms with Crippen molar-refractivity contribution in [1.29, 1.82) is 0 Å². The third kappa shape index (κ3) is 54.9. The highest BCUT2D eigenvalue weighted by molar-refractivity contribution is 5.71. The molecule has 0 spiro atoms. The van der Waals surface area contributed by atoms with E-state index in [2.05, 4.69) is 130 Å². The van der Waals surface area contributed by atoms with Gasteiger partial charge in [0.05, 0.1) is 0 Å². The van der Waals surface area contributed by atoms with Crippen LogP contribution < -0.4 is 0 Å². The van der Waals surface area contributed by atoms with Gasteiger partial charge in [-0.15, -0.1) is 0 Å². The molecule has 392 valence electrons. The van der Waals surface area contributed by atoms with Gasteiger partial charge < -0.3 is 14.2 Å². The standard InChI is InChI=1S/C63H104O6/c1-4-7-10-13-16-19-22-25-27-29-31-33-35-38-41-44-47-50-53-56-62(65)68-59-60(58-67-61(64)55-52-49-46-43-40-37-24-21-18-15-12-9-6-3)69-63(66)57-54-51-48-45-42-39-36-34-32-30-28-26-23-20-17-14-11-8-5-2/h7,9-10,12,16,18-19,21,25-28,31,33,37-38,40-41,60H,4-6,8,11,13-15,17,20,22-24,29-30,32,34-36,39,42-59H2,1-3H3/b10-7-,12-9-,19-16-,21-18-,27-25-,28-26-,33-31-,40-37-,41-38-. The molecule has 0 aliphatic rings. The van der Waals surface area contributed by atoms with Crippen LogP contribution in [0.4, 0.5) is 0 Å². The number of esters is 3. The molecular formula is C63H104O6. The summed E-state index contributed by atoms with van der Waals surface area (Å²) in [7, 11) is 0. The van der Waals surface area contributed by atoms with Crippen molar-refractivity contribution in [3.05, 3.63) is 109 Å². The van der Waals surface area contributed by atoms with Gasteiger partial charge in [0.15, 0.2) is 6.10 Å². The normalized spacial score (nSPS) is 12.9. The molecule has 0 bridgehead atoms. The Kier molecular flexibility index (Phi) is 53.4. The quantitative estimate of drug-likeness (QED) is 0.0262. The molecule has 0 aromatic heterocycles. The minimum absolute atomic E-state index is 0.106. The number of allylic oxidation sites excluding steroid dienone is 18. The molecule has 0 fully saturated rings. The highest BCUT2D eigenvalue weighted by Crippen LogP contribution is 2.14. The van der Waals surface area contributed by atoms with E-state index in [9.17, 15) is 14.4 Å². The average molecular weight is 958 g/mol. The minimum Gasteiger partial charge on any atom is -0.462 e. The molecule has 0 saturated heterocycles. The van der Waals surface area contributed by atoms with Crippen LogP contribution >= 0.6 is 0 Å². The predicted molar refractivity (Wildman–Crippen MR) is 297 cm³/mol. The lowest BCUT2D eigenvalue weighted by Gasteiger charge is -2.18. The van der Waals surface area contributed by atoms with E-state index in [0.29, 0.717) is 19.3 Å². The average Bonchev–Trinajstić information content (AvgIpc) is 3.35.